The molecule has 0 aliphatic carbocycles. The molecule has 3 aromatic carbocycles. The van der Waals surface area contributed by atoms with E-state index in [0.29, 0.717) is 29.8 Å². The van der Waals surface area contributed by atoms with Gasteiger partial charge in [0.1, 0.15) is 11.9 Å². The molecule has 0 aliphatic rings. The number of nitrogens with zero attached hydrogens (tertiary/aromatic N) is 7. The molecule has 1 unspecified atom stereocenters. The standard InChI is InChI=1S/C38H43N9O11/c1-2-3-15-33-39-31-14-10-13-30(35(31)45(33)25-26-16-18-27(19-17-26)28-11-4-5-12-29(28)36-41-43-44-42-36)37(49)40-32(38(50)56-21-7-9-23-58-47(53)54)24-34(48)55-20-6-8-22-57-46(51)52/h4-5,10-14,16-19,32H,2-3,6-9,15,20-25H2,1H3,(H,40,49)(H,41,42,43,44). The molecule has 58 heavy (non-hydrogen) atoms. The monoisotopic (exact) mass is 801 g/mol. The van der Waals surface area contributed by atoms with Crippen molar-refractivity contribution < 1.29 is 43.7 Å². The Bertz CT molecular complexity index is 2160. The molecule has 0 saturated carbocycles. The Hall–Kier alpha value is -6.99. The van der Waals surface area contributed by atoms with E-state index in [0.717, 1.165) is 40.9 Å². The first-order chi connectivity index (χ1) is 28.1. The van der Waals surface area contributed by atoms with E-state index in [-0.39, 0.29) is 57.7 Å². The van der Waals surface area contributed by atoms with Gasteiger partial charge in [0.05, 0.1) is 49.4 Å². The fourth-order valence-corrected chi connectivity index (χ4v) is 6.09. The van der Waals surface area contributed by atoms with Gasteiger partial charge in [0.15, 0.2) is 0 Å². The second-order valence-electron chi connectivity index (χ2n) is 13.0. The zero-order valence-electron chi connectivity index (χ0n) is 31.7. The highest BCUT2D eigenvalue weighted by molar-refractivity contribution is 6.06. The molecule has 0 fully saturated rings. The number of hydrogen-bond acceptors (Lipinski definition) is 15. The largest absolute Gasteiger partial charge is 0.466 e. The van der Waals surface area contributed by atoms with Crippen LogP contribution in [0.4, 0.5) is 0 Å². The average molecular weight is 802 g/mol. The molecule has 0 spiro atoms. The van der Waals surface area contributed by atoms with E-state index in [1.807, 2.05) is 53.1 Å². The molecule has 0 bridgehead atoms. The minimum atomic E-state index is -1.46. The van der Waals surface area contributed by atoms with Crippen molar-refractivity contribution in [2.75, 3.05) is 26.4 Å². The molecule has 20 heteroatoms. The molecule has 5 aromatic rings. The van der Waals surface area contributed by atoms with E-state index >= 15 is 0 Å². The smallest absolute Gasteiger partial charge is 0.329 e. The van der Waals surface area contributed by atoms with Crippen molar-refractivity contribution >= 4 is 28.9 Å². The Labute approximate surface area is 331 Å². The lowest BCUT2D eigenvalue weighted by Crippen LogP contribution is -2.43. The minimum absolute atomic E-state index is 0.0998. The first-order valence-corrected chi connectivity index (χ1v) is 18.7. The summed E-state index contributed by atoms with van der Waals surface area (Å²) in [5.74, 6) is -1.14. The fraction of sp³-hybridized carbons (Fsp3) is 0.395. The normalized spacial score (nSPS) is 11.5. The highest BCUT2D eigenvalue weighted by atomic mass is 17.0. The topological polar surface area (TPSA) is 259 Å². The highest BCUT2D eigenvalue weighted by Crippen LogP contribution is 2.30. The van der Waals surface area contributed by atoms with Crippen LogP contribution in [0.3, 0.4) is 0 Å². The number of fused-ring (bicyclic) bond motifs is 1. The Morgan fingerprint density at radius 1 is 0.828 bits per heavy atom. The third-order valence-electron chi connectivity index (χ3n) is 8.90. The van der Waals surface area contributed by atoms with Crippen molar-refractivity contribution in [3.63, 3.8) is 0 Å². The number of benzene rings is 3. The number of carbonyl (C=O) groups is 3. The van der Waals surface area contributed by atoms with Gasteiger partial charge in [-0.05, 0) is 66.1 Å². The third-order valence-corrected chi connectivity index (χ3v) is 8.90. The number of tetrazole rings is 1. The lowest BCUT2D eigenvalue weighted by Gasteiger charge is -2.18. The van der Waals surface area contributed by atoms with Gasteiger partial charge >= 0.3 is 11.9 Å². The number of amides is 1. The molecule has 1 amide bonds. The van der Waals surface area contributed by atoms with Gasteiger partial charge in [0.25, 0.3) is 16.1 Å². The molecule has 0 radical (unpaired) electrons. The van der Waals surface area contributed by atoms with Crippen LogP contribution in [0.15, 0.2) is 66.7 Å². The van der Waals surface area contributed by atoms with E-state index < -0.39 is 40.5 Å². The van der Waals surface area contributed by atoms with E-state index in [9.17, 15) is 34.6 Å². The number of aryl methyl sites for hydroxylation is 1. The van der Waals surface area contributed by atoms with Crippen LogP contribution >= 0.6 is 0 Å². The second-order valence-corrected chi connectivity index (χ2v) is 13.0. The maximum absolute atomic E-state index is 14.1. The summed E-state index contributed by atoms with van der Waals surface area (Å²) in [6.07, 6.45) is 2.80. The first-order valence-electron chi connectivity index (χ1n) is 18.7. The average Bonchev–Trinajstić information content (AvgIpc) is 3.88. The molecule has 20 nitrogen and oxygen atoms in total. The highest BCUT2D eigenvalue weighted by Gasteiger charge is 2.28. The predicted octanol–water partition coefficient (Wildman–Crippen LogP) is 4.83. The van der Waals surface area contributed by atoms with Crippen molar-refractivity contribution in [2.45, 2.75) is 70.9 Å². The quantitative estimate of drug-likeness (QED) is 0.0367. The lowest BCUT2D eigenvalue weighted by atomic mass is 9.98. The number of unbranched alkanes of at least 4 members (excludes halogenated alkanes) is 3. The van der Waals surface area contributed by atoms with Gasteiger partial charge in [0, 0.05) is 18.5 Å². The number of esters is 2. The molecule has 1 atom stereocenters. The molecule has 2 N–H and O–H groups in total. The van der Waals surface area contributed by atoms with Gasteiger partial charge in [-0.3, -0.25) is 9.59 Å². The van der Waals surface area contributed by atoms with Crippen LogP contribution in [0, 0.1) is 20.2 Å². The zero-order chi connectivity index (χ0) is 41.3. The fourth-order valence-electron chi connectivity index (χ4n) is 6.09. The number of nitrogens with one attached hydrogen (secondary N) is 2. The SMILES string of the molecule is CCCCc1nc2cccc(C(=O)NC(CC(=O)OCCCCO[N+](=O)[O-])C(=O)OCCCCO[N+](=O)[O-])c2n1Cc1ccc(-c2ccccc2-c2nn[nH]n2)cc1. The zero-order valence-corrected chi connectivity index (χ0v) is 31.7. The number of rotatable bonds is 24. The summed E-state index contributed by atoms with van der Waals surface area (Å²) < 4.78 is 12.6. The maximum atomic E-state index is 14.1. The van der Waals surface area contributed by atoms with E-state index in [4.69, 9.17) is 14.5 Å². The first kappa shape index (κ1) is 42.2. The number of H-pyrrole nitrogens is 1. The van der Waals surface area contributed by atoms with Crippen molar-refractivity contribution in [2.24, 2.45) is 0 Å². The molecule has 5 rings (SSSR count). The van der Waals surface area contributed by atoms with E-state index in [1.54, 1.807) is 18.2 Å². The molecule has 2 heterocycles. The predicted molar refractivity (Wildman–Crippen MR) is 205 cm³/mol. The summed E-state index contributed by atoms with van der Waals surface area (Å²) in [5, 5.41) is 36.0. The van der Waals surface area contributed by atoms with Crippen LogP contribution in [-0.2, 0) is 41.7 Å². The Morgan fingerprint density at radius 3 is 2.16 bits per heavy atom. The molecule has 0 saturated heterocycles. The summed E-state index contributed by atoms with van der Waals surface area (Å²) in [6, 6.07) is 19.4. The number of hydrogen-bond donors (Lipinski definition) is 2. The van der Waals surface area contributed by atoms with Gasteiger partial charge in [-0.1, -0.05) is 67.9 Å². The second kappa shape index (κ2) is 21.3. The van der Waals surface area contributed by atoms with Gasteiger partial charge in [-0.25, -0.2) is 9.78 Å². The van der Waals surface area contributed by atoms with Gasteiger partial charge in [-0.2, -0.15) is 5.21 Å². The van der Waals surface area contributed by atoms with Gasteiger partial charge in [-0.15, -0.1) is 30.4 Å². The number of aromatic amines is 1. The van der Waals surface area contributed by atoms with Crippen LogP contribution in [0.2, 0.25) is 0 Å². The summed E-state index contributed by atoms with van der Waals surface area (Å²) >= 11 is 0. The van der Waals surface area contributed by atoms with Crippen molar-refractivity contribution in [3.8, 4) is 22.5 Å². The van der Waals surface area contributed by atoms with Crippen LogP contribution in [0.25, 0.3) is 33.5 Å². The number of para-hydroxylation sites is 1. The Kier molecular flexibility index (Phi) is 15.5. The lowest BCUT2D eigenvalue weighted by molar-refractivity contribution is -0.757. The Balaban J connectivity index is 1.36. The van der Waals surface area contributed by atoms with Gasteiger partial charge in [0.2, 0.25) is 5.82 Å². The number of ether oxygens (including phenoxy) is 2. The van der Waals surface area contributed by atoms with Crippen LogP contribution < -0.4 is 5.32 Å². The van der Waals surface area contributed by atoms with Crippen molar-refractivity contribution in [1.29, 1.82) is 0 Å². The van der Waals surface area contributed by atoms with E-state index in [1.165, 1.54) is 0 Å². The van der Waals surface area contributed by atoms with Crippen LogP contribution in [0.5, 0.6) is 0 Å². The Morgan fingerprint density at radius 2 is 1.50 bits per heavy atom. The molecular formula is C38H43N9O11. The minimum Gasteiger partial charge on any atom is -0.466 e. The maximum Gasteiger partial charge on any atom is 0.329 e. The number of imidazole rings is 1. The molecule has 306 valence electrons. The molecule has 2 aromatic heterocycles. The number of aromatic nitrogens is 6. The summed E-state index contributed by atoms with van der Waals surface area (Å²) in [4.78, 5) is 74.4. The third kappa shape index (κ3) is 12.0. The molecule has 0 aliphatic heterocycles. The summed E-state index contributed by atoms with van der Waals surface area (Å²) in [7, 11) is 0. The van der Waals surface area contributed by atoms with E-state index in [2.05, 4.69) is 42.5 Å². The van der Waals surface area contributed by atoms with Crippen molar-refractivity contribution in [3.05, 3.63) is 104 Å². The molecular weight excluding hydrogens is 758 g/mol. The van der Waals surface area contributed by atoms with Gasteiger partial charge < -0.3 is 29.0 Å². The van der Waals surface area contributed by atoms with Crippen molar-refractivity contribution in [1.82, 2.24) is 35.5 Å². The summed E-state index contributed by atoms with van der Waals surface area (Å²) in [5.41, 5.74) is 4.94. The number of carbonyl (C=O) groups excluding carboxylic acids is 3. The summed E-state index contributed by atoms with van der Waals surface area (Å²) in [6.45, 7) is 1.83. The van der Waals surface area contributed by atoms with Crippen LogP contribution in [0.1, 0.15) is 73.6 Å². The van der Waals surface area contributed by atoms with Crippen LogP contribution in [-0.4, -0.2) is 90.7 Å².